The van der Waals surface area contributed by atoms with E-state index in [9.17, 15) is 14.4 Å². The number of fused-ring (bicyclic) bond motifs is 1. The molecule has 4 heterocycles. The predicted molar refractivity (Wildman–Crippen MR) is 117 cm³/mol. The van der Waals surface area contributed by atoms with E-state index < -0.39 is 17.5 Å². The second-order valence-electron chi connectivity index (χ2n) is 8.30. The fourth-order valence-electron chi connectivity index (χ4n) is 4.41. The lowest BCUT2D eigenvalue weighted by Gasteiger charge is -2.20. The molecule has 9 nitrogen and oxygen atoms in total. The van der Waals surface area contributed by atoms with Crippen LogP contribution in [0.5, 0.6) is 11.5 Å². The molecule has 2 aromatic heterocycles. The van der Waals surface area contributed by atoms with Crippen molar-refractivity contribution in [3.8, 4) is 17.2 Å². The highest BCUT2D eigenvalue weighted by Crippen LogP contribution is 2.34. The van der Waals surface area contributed by atoms with Gasteiger partial charge in [0.2, 0.25) is 0 Å². The Morgan fingerprint density at radius 3 is 2.58 bits per heavy atom. The first-order chi connectivity index (χ1) is 15.8. The van der Waals surface area contributed by atoms with Crippen molar-refractivity contribution in [2.24, 2.45) is 0 Å². The fourth-order valence-corrected chi connectivity index (χ4v) is 4.41. The van der Waals surface area contributed by atoms with Gasteiger partial charge in [-0.1, -0.05) is 0 Å². The molecule has 5 rings (SSSR count). The molecular weight excluding hydrogens is 426 g/mol. The molecule has 1 aromatic carbocycles. The zero-order valence-electron chi connectivity index (χ0n) is 18.5. The van der Waals surface area contributed by atoms with Crippen LogP contribution in [0.1, 0.15) is 34.4 Å². The Balaban J connectivity index is 1.41. The zero-order valence-corrected chi connectivity index (χ0v) is 18.5. The van der Waals surface area contributed by atoms with Gasteiger partial charge < -0.3 is 23.8 Å². The van der Waals surface area contributed by atoms with E-state index in [4.69, 9.17) is 13.9 Å². The number of amides is 3. The van der Waals surface area contributed by atoms with E-state index in [-0.39, 0.29) is 12.3 Å². The zero-order chi connectivity index (χ0) is 23.3. The number of rotatable bonds is 5. The van der Waals surface area contributed by atoms with Gasteiger partial charge in [-0.15, -0.1) is 0 Å². The number of urea groups is 1. The SMILES string of the molecule is Cc1cc(C(=O)CN2C(=O)N[C@](C)(c3ccco3)C2=O)c(C)n1-c1ccc2c(c1)OCCO2. The molecule has 1 saturated heterocycles. The lowest BCUT2D eigenvalue weighted by Crippen LogP contribution is -2.41. The smallest absolute Gasteiger partial charge is 0.325 e. The summed E-state index contributed by atoms with van der Waals surface area (Å²) in [5.74, 6) is 0.778. The maximum Gasteiger partial charge on any atom is 0.325 e. The number of imide groups is 1. The third kappa shape index (κ3) is 3.27. The minimum atomic E-state index is -1.34. The number of nitrogens with one attached hydrogen (secondary N) is 1. The van der Waals surface area contributed by atoms with Gasteiger partial charge in [-0.3, -0.25) is 14.5 Å². The molecule has 0 unspecified atom stereocenters. The second-order valence-corrected chi connectivity index (χ2v) is 8.30. The highest BCUT2D eigenvalue weighted by Gasteiger charge is 2.51. The number of aryl methyl sites for hydroxylation is 1. The van der Waals surface area contributed by atoms with Gasteiger partial charge in [0.05, 0.1) is 12.8 Å². The molecule has 1 N–H and O–H groups in total. The molecule has 0 radical (unpaired) electrons. The topological polar surface area (TPSA) is 103 Å². The Morgan fingerprint density at radius 1 is 1.09 bits per heavy atom. The predicted octanol–water partition coefficient (Wildman–Crippen LogP) is 3.11. The van der Waals surface area contributed by atoms with Crippen LogP contribution >= 0.6 is 0 Å². The van der Waals surface area contributed by atoms with Crippen molar-refractivity contribution in [2.45, 2.75) is 26.3 Å². The van der Waals surface area contributed by atoms with Crippen molar-refractivity contribution in [2.75, 3.05) is 19.8 Å². The molecule has 3 aromatic rings. The Kier molecular flexibility index (Phi) is 4.77. The molecular formula is C24H23N3O6. The number of furan rings is 1. The maximum atomic E-state index is 13.2. The van der Waals surface area contributed by atoms with Gasteiger partial charge in [-0.2, -0.15) is 0 Å². The maximum absolute atomic E-state index is 13.2. The van der Waals surface area contributed by atoms with E-state index >= 15 is 0 Å². The quantitative estimate of drug-likeness (QED) is 0.474. The van der Waals surface area contributed by atoms with Crippen molar-refractivity contribution in [1.82, 2.24) is 14.8 Å². The molecule has 0 saturated carbocycles. The summed E-state index contributed by atoms with van der Waals surface area (Å²) in [6.45, 7) is 5.90. The number of hydrogen-bond donors (Lipinski definition) is 1. The number of nitrogens with zero attached hydrogens (tertiary/aromatic N) is 2. The summed E-state index contributed by atoms with van der Waals surface area (Å²) in [5.41, 5.74) is 1.46. The largest absolute Gasteiger partial charge is 0.486 e. The van der Waals surface area contributed by atoms with E-state index in [1.807, 2.05) is 36.6 Å². The Bertz CT molecular complexity index is 1280. The van der Waals surface area contributed by atoms with Crippen molar-refractivity contribution >= 4 is 17.7 Å². The van der Waals surface area contributed by atoms with E-state index in [0.717, 1.165) is 16.3 Å². The van der Waals surface area contributed by atoms with E-state index in [1.54, 1.807) is 25.1 Å². The van der Waals surface area contributed by atoms with Crippen molar-refractivity contribution < 1.29 is 28.3 Å². The number of ketones is 1. The van der Waals surface area contributed by atoms with Crippen molar-refractivity contribution in [3.05, 3.63) is 65.4 Å². The molecule has 0 aliphatic carbocycles. The number of benzene rings is 1. The van der Waals surface area contributed by atoms with E-state index in [1.165, 1.54) is 6.26 Å². The number of carbonyl (C=O) groups is 3. The molecule has 170 valence electrons. The summed E-state index contributed by atoms with van der Waals surface area (Å²) < 4.78 is 18.5. The van der Waals surface area contributed by atoms with Gasteiger partial charge in [0, 0.05) is 28.7 Å². The first kappa shape index (κ1) is 20.9. The molecule has 2 aliphatic heterocycles. The molecule has 0 bridgehead atoms. The standard InChI is InChI=1S/C24H23N3O6/c1-14-11-17(15(2)27(14)16-6-7-19-20(12-16)32-10-9-31-19)18(28)13-26-22(29)24(3,25-23(26)30)21-5-4-8-33-21/h4-8,11-12H,9-10,13H2,1-3H3,(H,25,30)/t24-/m1/s1. The third-order valence-electron chi connectivity index (χ3n) is 6.11. The molecule has 2 aliphatic rings. The van der Waals surface area contributed by atoms with Crippen molar-refractivity contribution in [3.63, 3.8) is 0 Å². The summed E-state index contributed by atoms with van der Waals surface area (Å²) >= 11 is 0. The minimum absolute atomic E-state index is 0.313. The average molecular weight is 449 g/mol. The molecule has 1 fully saturated rings. The van der Waals surface area contributed by atoms with Crippen LogP contribution in [-0.4, -0.2) is 46.9 Å². The Morgan fingerprint density at radius 2 is 1.85 bits per heavy atom. The lowest BCUT2D eigenvalue weighted by atomic mass is 9.99. The van der Waals surface area contributed by atoms with Gasteiger partial charge in [-0.25, -0.2) is 4.79 Å². The van der Waals surface area contributed by atoms with Crippen LogP contribution in [-0.2, 0) is 10.3 Å². The van der Waals surface area contributed by atoms with Gasteiger partial charge in [0.25, 0.3) is 5.91 Å². The highest BCUT2D eigenvalue weighted by atomic mass is 16.6. The first-order valence-corrected chi connectivity index (χ1v) is 10.6. The Labute approximate surface area is 189 Å². The van der Waals surface area contributed by atoms with Crippen LogP contribution < -0.4 is 14.8 Å². The fraction of sp³-hybridized carbons (Fsp3) is 0.292. The molecule has 9 heteroatoms. The average Bonchev–Trinajstić information content (AvgIpc) is 3.49. The molecule has 0 spiro atoms. The van der Waals surface area contributed by atoms with Crippen LogP contribution in [0, 0.1) is 13.8 Å². The van der Waals surface area contributed by atoms with E-state index in [2.05, 4.69) is 5.32 Å². The number of carbonyl (C=O) groups excluding carboxylic acids is 3. The summed E-state index contributed by atoms with van der Waals surface area (Å²) in [4.78, 5) is 39.7. The van der Waals surface area contributed by atoms with E-state index in [0.29, 0.717) is 41.7 Å². The molecule has 3 amide bonds. The van der Waals surface area contributed by atoms with Gasteiger partial charge >= 0.3 is 6.03 Å². The first-order valence-electron chi connectivity index (χ1n) is 10.6. The van der Waals surface area contributed by atoms with Crippen LogP contribution in [0.2, 0.25) is 0 Å². The number of hydrogen-bond acceptors (Lipinski definition) is 6. The number of aromatic nitrogens is 1. The monoisotopic (exact) mass is 449 g/mol. The van der Waals surface area contributed by atoms with Crippen LogP contribution in [0.25, 0.3) is 5.69 Å². The summed E-state index contributed by atoms with van der Waals surface area (Å²) in [6.07, 6.45) is 1.43. The van der Waals surface area contributed by atoms with Crippen LogP contribution in [0.3, 0.4) is 0 Å². The third-order valence-corrected chi connectivity index (χ3v) is 6.11. The summed E-state index contributed by atoms with van der Waals surface area (Å²) in [7, 11) is 0. The molecule has 33 heavy (non-hydrogen) atoms. The number of ether oxygens (including phenoxy) is 2. The lowest BCUT2D eigenvalue weighted by molar-refractivity contribution is -0.131. The van der Waals surface area contributed by atoms with Crippen molar-refractivity contribution in [1.29, 1.82) is 0 Å². The summed E-state index contributed by atoms with van der Waals surface area (Å²) in [6, 6.07) is 9.99. The second kappa shape index (κ2) is 7.54. The van der Waals surface area contributed by atoms with Gasteiger partial charge in [0.15, 0.2) is 22.8 Å². The van der Waals surface area contributed by atoms with Crippen LogP contribution in [0.15, 0.2) is 47.1 Å². The molecule has 1 atom stereocenters. The summed E-state index contributed by atoms with van der Waals surface area (Å²) in [5, 5.41) is 2.64. The van der Waals surface area contributed by atoms with Gasteiger partial charge in [0.1, 0.15) is 19.0 Å². The van der Waals surface area contributed by atoms with Gasteiger partial charge in [-0.05, 0) is 51.1 Å². The van der Waals surface area contributed by atoms with Crippen LogP contribution in [0.4, 0.5) is 4.79 Å². The highest BCUT2D eigenvalue weighted by molar-refractivity contribution is 6.11. The minimum Gasteiger partial charge on any atom is -0.486 e. The Hall–Kier alpha value is -4.01. The normalized spacial score (nSPS) is 19.7. The number of Topliss-reactive ketones (excluding diaryl/α,β-unsaturated/α-hetero) is 1.